The molecule has 36 heavy (non-hydrogen) atoms. The maximum atomic E-state index is 15.0. The minimum absolute atomic E-state index is 0.0271. The van der Waals surface area contributed by atoms with E-state index in [1.54, 1.807) is 13.0 Å². The number of benzene rings is 1. The molecule has 0 bridgehead atoms. The number of fused-ring (bicyclic) bond motifs is 2. The van der Waals surface area contributed by atoms with Gasteiger partial charge in [0.1, 0.15) is 24.0 Å². The number of aromatic nitrogens is 2. The number of aliphatic hydroxyl groups is 1. The van der Waals surface area contributed by atoms with Gasteiger partial charge in [-0.1, -0.05) is 24.3 Å². The minimum atomic E-state index is -0.644. The monoisotopic (exact) mass is 495 g/mol. The number of hydrogen-bond acceptors (Lipinski definition) is 6. The molecule has 2 aromatic heterocycles. The Labute approximate surface area is 208 Å². The van der Waals surface area contributed by atoms with E-state index in [0.717, 1.165) is 25.7 Å². The van der Waals surface area contributed by atoms with E-state index >= 15 is 4.39 Å². The normalized spacial score (nSPS) is 29.9. The number of ether oxygens (including phenoxy) is 3. The Hall–Kier alpha value is -3.01. The number of hydrogen-bond donors (Lipinski definition) is 3. The highest BCUT2D eigenvalue weighted by Gasteiger charge is 2.48. The number of nitrogens with zero attached hydrogens (tertiary/aromatic N) is 1. The van der Waals surface area contributed by atoms with Crippen LogP contribution in [-0.4, -0.2) is 64.7 Å². The predicted molar refractivity (Wildman–Crippen MR) is 130 cm³/mol. The van der Waals surface area contributed by atoms with Gasteiger partial charge < -0.3 is 29.6 Å². The van der Waals surface area contributed by atoms with Crippen molar-refractivity contribution >= 4 is 16.9 Å². The smallest absolute Gasteiger partial charge is 0.217 e. The largest absolute Gasteiger partial charge is 0.470 e. The second kappa shape index (κ2) is 9.46. The minimum Gasteiger partial charge on any atom is -0.470 e. The van der Waals surface area contributed by atoms with Crippen molar-refractivity contribution in [1.29, 1.82) is 0 Å². The summed E-state index contributed by atoms with van der Waals surface area (Å²) in [6.45, 7) is 2.11. The first-order valence-electron chi connectivity index (χ1n) is 12.6. The Bertz CT molecular complexity index is 1250. The Morgan fingerprint density at radius 1 is 1.11 bits per heavy atom. The molecule has 3 aliphatic rings. The first-order valence-corrected chi connectivity index (χ1v) is 12.6. The summed E-state index contributed by atoms with van der Waals surface area (Å²) in [6, 6.07) is 11.4. The number of aliphatic hydroxyl groups excluding tert-OH is 1. The van der Waals surface area contributed by atoms with Crippen LogP contribution in [0, 0.1) is 5.82 Å². The first-order chi connectivity index (χ1) is 17.4. The average Bonchev–Trinajstić information content (AvgIpc) is 3.55. The van der Waals surface area contributed by atoms with Crippen LogP contribution in [0.15, 0.2) is 36.4 Å². The molecule has 1 saturated carbocycles. The van der Waals surface area contributed by atoms with E-state index in [0.29, 0.717) is 40.7 Å². The highest BCUT2D eigenvalue weighted by atomic mass is 19.1. The molecule has 2 saturated heterocycles. The van der Waals surface area contributed by atoms with Gasteiger partial charge in [0.2, 0.25) is 5.91 Å². The highest BCUT2D eigenvalue weighted by Crippen LogP contribution is 2.35. The lowest BCUT2D eigenvalue weighted by atomic mass is 9.81. The summed E-state index contributed by atoms with van der Waals surface area (Å²) >= 11 is 0. The third kappa shape index (κ3) is 4.47. The molecule has 1 amide bonds. The molecule has 6 rings (SSSR count). The average molecular weight is 496 g/mol. The summed E-state index contributed by atoms with van der Waals surface area (Å²) < 4.78 is 32.3. The van der Waals surface area contributed by atoms with E-state index in [2.05, 4.69) is 27.4 Å². The van der Waals surface area contributed by atoms with E-state index < -0.39 is 11.9 Å². The SMILES string of the molecule is CC(=O)N[C@H]1CC[C@H](c2ccc(-c3nc4cc(O[C@@H]5CO[C@H]6[C@@H]5OC[C@H]6O)[nH]c4cc3F)cc2)CC1. The van der Waals surface area contributed by atoms with Gasteiger partial charge in [-0.2, -0.15) is 0 Å². The zero-order valence-electron chi connectivity index (χ0n) is 20.1. The topological polar surface area (TPSA) is 106 Å². The summed E-state index contributed by atoms with van der Waals surface area (Å²) in [5.74, 6) is 0.515. The highest BCUT2D eigenvalue weighted by molar-refractivity contribution is 5.81. The molecule has 4 heterocycles. The van der Waals surface area contributed by atoms with Crippen molar-refractivity contribution in [2.24, 2.45) is 0 Å². The first kappa shape index (κ1) is 23.4. The van der Waals surface area contributed by atoms with Crippen LogP contribution in [0.3, 0.4) is 0 Å². The molecular formula is C27H30FN3O5. The van der Waals surface area contributed by atoms with Gasteiger partial charge >= 0.3 is 0 Å². The lowest BCUT2D eigenvalue weighted by Gasteiger charge is -2.29. The summed E-state index contributed by atoms with van der Waals surface area (Å²) in [5, 5.41) is 12.9. The molecule has 190 valence electrons. The van der Waals surface area contributed by atoms with Crippen LogP contribution >= 0.6 is 0 Å². The molecule has 0 spiro atoms. The van der Waals surface area contributed by atoms with Crippen LogP contribution in [0.25, 0.3) is 22.3 Å². The molecule has 4 atom stereocenters. The van der Waals surface area contributed by atoms with Gasteiger partial charge in [0, 0.05) is 30.7 Å². The van der Waals surface area contributed by atoms with E-state index in [1.807, 2.05) is 12.1 Å². The zero-order valence-corrected chi connectivity index (χ0v) is 20.1. The molecular weight excluding hydrogens is 465 g/mol. The van der Waals surface area contributed by atoms with Gasteiger partial charge in [0.25, 0.3) is 0 Å². The van der Waals surface area contributed by atoms with Crippen LogP contribution < -0.4 is 10.1 Å². The van der Waals surface area contributed by atoms with Gasteiger partial charge in [-0.3, -0.25) is 4.79 Å². The number of carbonyl (C=O) groups is 1. The van der Waals surface area contributed by atoms with Crippen molar-refractivity contribution in [3.05, 3.63) is 47.8 Å². The standard InChI is InChI=1S/C27H30FN3O5/c1-14(32)29-18-8-6-16(7-9-18)15-2-4-17(5-3-15)25-19(28)10-20-21(31-25)11-24(30-20)36-23-13-35-26-22(33)12-34-27(23)26/h2-5,10-11,16,18,22-23,26-27,30,33H,6-9,12-13H2,1H3,(H,29,32)/t16-,18-,22-,23-,26-,27-/m1/s1. The molecule has 9 heteroatoms. The van der Waals surface area contributed by atoms with Crippen molar-refractivity contribution < 1.29 is 28.5 Å². The maximum absolute atomic E-state index is 15.0. The van der Waals surface area contributed by atoms with Crippen molar-refractivity contribution in [3.63, 3.8) is 0 Å². The van der Waals surface area contributed by atoms with Crippen LogP contribution in [0.4, 0.5) is 4.39 Å². The zero-order chi connectivity index (χ0) is 24.8. The van der Waals surface area contributed by atoms with Gasteiger partial charge in [-0.15, -0.1) is 0 Å². The maximum Gasteiger partial charge on any atom is 0.217 e. The molecule has 0 radical (unpaired) electrons. The second-order valence-corrected chi connectivity index (χ2v) is 10.1. The Morgan fingerprint density at radius 3 is 2.61 bits per heavy atom. The molecule has 1 aliphatic carbocycles. The van der Waals surface area contributed by atoms with E-state index in [-0.39, 0.29) is 36.9 Å². The fourth-order valence-corrected chi connectivity index (χ4v) is 5.75. The molecule has 3 N–H and O–H groups in total. The van der Waals surface area contributed by atoms with Crippen molar-refractivity contribution in [2.75, 3.05) is 13.2 Å². The van der Waals surface area contributed by atoms with Crippen molar-refractivity contribution in [3.8, 4) is 17.1 Å². The fourth-order valence-electron chi connectivity index (χ4n) is 5.75. The lowest BCUT2D eigenvalue weighted by molar-refractivity contribution is -0.119. The summed E-state index contributed by atoms with van der Waals surface area (Å²) in [5.41, 5.74) is 3.39. The van der Waals surface area contributed by atoms with E-state index in [9.17, 15) is 9.90 Å². The van der Waals surface area contributed by atoms with E-state index in [4.69, 9.17) is 14.2 Å². The molecule has 8 nitrogen and oxygen atoms in total. The summed E-state index contributed by atoms with van der Waals surface area (Å²) in [7, 11) is 0. The van der Waals surface area contributed by atoms with Crippen LogP contribution in [0.2, 0.25) is 0 Å². The van der Waals surface area contributed by atoms with Crippen LogP contribution in [0.5, 0.6) is 5.88 Å². The number of pyridine rings is 1. The number of nitrogens with one attached hydrogen (secondary N) is 2. The summed E-state index contributed by atoms with van der Waals surface area (Å²) in [4.78, 5) is 18.9. The number of halogens is 1. The third-order valence-corrected chi connectivity index (χ3v) is 7.58. The Kier molecular flexibility index (Phi) is 6.15. The van der Waals surface area contributed by atoms with E-state index in [1.165, 1.54) is 11.6 Å². The predicted octanol–water partition coefficient (Wildman–Crippen LogP) is 3.44. The summed E-state index contributed by atoms with van der Waals surface area (Å²) in [6.07, 6.45) is 2.28. The number of carbonyl (C=O) groups excluding carboxylic acids is 1. The van der Waals surface area contributed by atoms with Gasteiger partial charge in [-0.05, 0) is 37.2 Å². The Balaban J connectivity index is 1.16. The number of aromatic amines is 1. The molecule has 2 aliphatic heterocycles. The van der Waals surface area contributed by atoms with Crippen LogP contribution in [-0.2, 0) is 14.3 Å². The number of rotatable bonds is 5. The number of amides is 1. The van der Waals surface area contributed by atoms with Crippen molar-refractivity contribution in [2.45, 2.75) is 69.0 Å². The van der Waals surface area contributed by atoms with Gasteiger partial charge in [-0.25, -0.2) is 9.37 Å². The number of H-pyrrole nitrogens is 1. The quantitative estimate of drug-likeness (QED) is 0.501. The van der Waals surface area contributed by atoms with Crippen LogP contribution in [0.1, 0.15) is 44.1 Å². The fraction of sp³-hybridized carbons (Fsp3) is 0.481. The molecule has 1 aromatic carbocycles. The second-order valence-electron chi connectivity index (χ2n) is 10.1. The van der Waals surface area contributed by atoms with Crippen molar-refractivity contribution in [1.82, 2.24) is 15.3 Å². The molecule has 3 fully saturated rings. The van der Waals surface area contributed by atoms with Gasteiger partial charge in [0.05, 0.1) is 24.2 Å². The molecule has 0 unspecified atom stereocenters. The Morgan fingerprint density at radius 2 is 1.86 bits per heavy atom. The molecule has 3 aromatic rings. The van der Waals surface area contributed by atoms with Gasteiger partial charge in [0.15, 0.2) is 17.8 Å². The lowest BCUT2D eigenvalue weighted by Crippen LogP contribution is -2.35. The third-order valence-electron chi connectivity index (χ3n) is 7.58.